The number of hydrogen-bond donors (Lipinski definition) is 3. The van der Waals surface area contributed by atoms with E-state index < -0.39 is 0 Å². The molecular weight excluding hydrogens is 342 g/mol. The monoisotopic (exact) mass is 351 g/mol. The van der Waals surface area contributed by atoms with Crippen molar-refractivity contribution in [2.45, 2.75) is 0 Å². The van der Waals surface area contributed by atoms with Crippen LogP contribution in [0.25, 0.3) is 0 Å². The van der Waals surface area contributed by atoms with Crippen molar-refractivity contribution in [1.82, 2.24) is 4.98 Å². The van der Waals surface area contributed by atoms with Gasteiger partial charge in [0.2, 0.25) is 0 Å². The fraction of sp³-hybridized carbons (Fsp3) is 0.0769. The van der Waals surface area contributed by atoms with E-state index in [0.717, 1.165) is 4.88 Å². The van der Waals surface area contributed by atoms with Gasteiger partial charge in [-0.3, -0.25) is 10.1 Å². The van der Waals surface area contributed by atoms with Crippen LogP contribution in [0.1, 0.15) is 15.2 Å². The van der Waals surface area contributed by atoms with E-state index in [1.54, 1.807) is 18.3 Å². The highest BCUT2D eigenvalue weighted by Crippen LogP contribution is 2.25. The Labute approximate surface area is 128 Å². The number of rotatable bonds is 2. The van der Waals surface area contributed by atoms with E-state index in [-0.39, 0.29) is 18.2 Å². The summed E-state index contributed by atoms with van der Waals surface area (Å²) in [7, 11) is 0. The minimum absolute atomic E-state index is 0.00582. The number of amides is 1. The maximum absolute atomic E-state index is 12.0. The van der Waals surface area contributed by atoms with Crippen LogP contribution in [0.4, 0.5) is 5.13 Å². The van der Waals surface area contributed by atoms with Crippen molar-refractivity contribution in [3.63, 3.8) is 0 Å². The standard InChI is InChI=1S/C13H10BrN3O2S/c14-10-4-3-8(6-11(10)18)12(19)17-13-16-7-9(20-13)2-1-5-15/h3-4,6-7,18H,5,15H2,(H,16,17,19). The lowest BCUT2D eigenvalue weighted by atomic mass is 10.2. The Hall–Kier alpha value is -1.88. The van der Waals surface area contributed by atoms with Crippen LogP contribution in [0.3, 0.4) is 0 Å². The van der Waals surface area contributed by atoms with Crippen molar-refractivity contribution in [3.05, 3.63) is 39.3 Å². The molecule has 1 aromatic carbocycles. The lowest BCUT2D eigenvalue weighted by Crippen LogP contribution is -2.11. The summed E-state index contributed by atoms with van der Waals surface area (Å²) in [5.74, 6) is 5.21. The van der Waals surface area contributed by atoms with Gasteiger partial charge in [0.25, 0.3) is 5.91 Å². The van der Waals surface area contributed by atoms with Crippen LogP contribution in [-0.4, -0.2) is 22.5 Å². The molecule has 7 heteroatoms. The normalized spacial score (nSPS) is 9.70. The molecule has 0 spiro atoms. The second-order valence-corrected chi connectivity index (χ2v) is 5.54. The van der Waals surface area contributed by atoms with Gasteiger partial charge in [-0.05, 0) is 34.1 Å². The molecular formula is C13H10BrN3O2S. The molecule has 4 N–H and O–H groups in total. The van der Waals surface area contributed by atoms with E-state index in [1.807, 2.05) is 0 Å². The number of hydrogen-bond acceptors (Lipinski definition) is 5. The Bertz CT molecular complexity index is 703. The average Bonchev–Trinajstić information content (AvgIpc) is 2.87. The van der Waals surface area contributed by atoms with Gasteiger partial charge >= 0.3 is 0 Å². The molecule has 20 heavy (non-hydrogen) atoms. The van der Waals surface area contributed by atoms with E-state index in [4.69, 9.17) is 5.73 Å². The molecule has 5 nitrogen and oxygen atoms in total. The average molecular weight is 352 g/mol. The van der Waals surface area contributed by atoms with Gasteiger partial charge in [-0.25, -0.2) is 4.98 Å². The summed E-state index contributed by atoms with van der Waals surface area (Å²) >= 11 is 4.41. The number of phenols is 1. The minimum atomic E-state index is -0.347. The summed E-state index contributed by atoms with van der Waals surface area (Å²) in [6.07, 6.45) is 1.57. The number of carbonyl (C=O) groups is 1. The second kappa shape index (κ2) is 6.52. The molecule has 0 radical (unpaired) electrons. The molecule has 0 saturated heterocycles. The zero-order chi connectivity index (χ0) is 14.5. The van der Waals surface area contributed by atoms with E-state index in [2.05, 4.69) is 38.1 Å². The Morgan fingerprint density at radius 2 is 2.35 bits per heavy atom. The molecule has 0 unspecified atom stereocenters. The molecule has 1 heterocycles. The highest BCUT2D eigenvalue weighted by molar-refractivity contribution is 9.10. The smallest absolute Gasteiger partial charge is 0.257 e. The maximum atomic E-state index is 12.0. The lowest BCUT2D eigenvalue weighted by Gasteiger charge is -2.03. The number of nitrogens with zero attached hydrogens (tertiary/aromatic N) is 1. The molecule has 0 aliphatic carbocycles. The predicted molar refractivity (Wildman–Crippen MR) is 81.8 cm³/mol. The first-order chi connectivity index (χ1) is 9.60. The molecule has 1 aromatic heterocycles. The maximum Gasteiger partial charge on any atom is 0.257 e. The Morgan fingerprint density at radius 1 is 1.55 bits per heavy atom. The van der Waals surface area contributed by atoms with Crippen LogP contribution in [0.15, 0.2) is 28.9 Å². The van der Waals surface area contributed by atoms with Crippen LogP contribution in [0.2, 0.25) is 0 Å². The quantitative estimate of drug-likeness (QED) is 0.723. The Kier molecular flexibility index (Phi) is 4.74. The molecule has 0 bridgehead atoms. The van der Waals surface area contributed by atoms with Crippen molar-refractivity contribution in [2.75, 3.05) is 11.9 Å². The molecule has 1 amide bonds. The first-order valence-electron chi connectivity index (χ1n) is 5.55. The molecule has 0 fully saturated rings. The van der Waals surface area contributed by atoms with Crippen molar-refractivity contribution >= 4 is 38.3 Å². The zero-order valence-electron chi connectivity index (χ0n) is 10.2. The molecule has 0 aliphatic heterocycles. The number of carbonyl (C=O) groups excluding carboxylic acids is 1. The summed E-state index contributed by atoms with van der Waals surface area (Å²) in [6.45, 7) is 0.276. The van der Waals surface area contributed by atoms with Crippen LogP contribution in [-0.2, 0) is 0 Å². The zero-order valence-corrected chi connectivity index (χ0v) is 12.6. The van der Waals surface area contributed by atoms with Gasteiger partial charge in [0.1, 0.15) is 5.75 Å². The van der Waals surface area contributed by atoms with Crippen LogP contribution in [0, 0.1) is 11.8 Å². The molecule has 102 valence electrons. The van der Waals surface area contributed by atoms with Gasteiger partial charge in [-0.15, -0.1) is 0 Å². The SMILES string of the molecule is NCC#Cc1cnc(NC(=O)c2ccc(Br)c(O)c2)s1. The summed E-state index contributed by atoms with van der Waals surface area (Å²) in [4.78, 5) is 16.7. The topological polar surface area (TPSA) is 88.2 Å². The number of aromatic nitrogens is 1. The second-order valence-electron chi connectivity index (χ2n) is 3.66. The minimum Gasteiger partial charge on any atom is -0.507 e. The largest absolute Gasteiger partial charge is 0.507 e. The van der Waals surface area contributed by atoms with Crippen molar-refractivity contribution in [1.29, 1.82) is 0 Å². The van der Waals surface area contributed by atoms with Gasteiger partial charge in [0.05, 0.1) is 22.1 Å². The molecule has 0 saturated carbocycles. The fourth-order valence-electron chi connectivity index (χ4n) is 1.35. The Balaban J connectivity index is 2.11. The van der Waals surface area contributed by atoms with Gasteiger partial charge < -0.3 is 10.8 Å². The molecule has 2 aromatic rings. The van der Waals surface area contributed by atoms with E-state index in [0.29, 0.717) is 15.2 Å². The summed E-state index contributed by atoms with van der Waals surface area (Å²) in [5, 5.41) is 12.6. The van der Waals surface area contributed by atoms with E-state index in [1.165, 1.54) is 17.4 Å². The first kappa shape index (κ1) is 14.5. The number of aromatic hydroxyl groups is 1. The summed E-state index contributed by atoms with van der Waals surface area (Å²) in [6, 6.07) is 4.58. The van der Waals surface area contributed by atoms with Crippen molar-refractivity contribution in [3.8, 4) is 17.6 Å². The fourth-order valence-corrected chi connectivity index (χ4v) is 2.28. The predicted octanol–water partition coefficient (Wildman–Crippen LogP) is 2.17. The lowest BCUT2D eigenvalue weighted by molar-refractivity contribution is 0.102. The highest BCUT2D eigenvalue weighted by Gasteiger charge is 2.10. The molecule has 0 aliphatic rings. The van der Waals surface area contributed by atoms with Gasteiger partial charge in [0.15, 0.2) is 5.13 Å². The number of nitrogens with two attached hydrogens (primary N) is 1. The van der Waals surface area contributed by atoms with E-state index in [9.17, 15) is 9.90 Å². The van der Waals surface area contributed by atoms with Crippen LogP contribution in [0.5, 0.6) is 5.75 Å². The van der Waals surface area contributed by atoms with Crippen LogP contribution < -0.4 is 11.1 Å². The third kappa shape index (κ3) is 3.57. The van der Waals surface area contributed by atoms with Crippen LogP contribution >= 0.6 is 27.3 Å². The summed E-state index contributed by atoms with van der Waals surface area (Å²) < 4.78 is 0.530. The number of benzene rings is 1. The molecule has 2 rings (SSSR count). The van der Waals surface area contributed by atoms with Gasteiger partial charge in [-0.2, -0.15) is 0 Å². The first-order valence-corrected chi connectivity index (χ1v) is 7.15. The number of halogens is 1. The number of thiazole rings is 1. The third-order valence-corrected chi connectivity index (χ3v) is 3.75. The number of anilines is 1. The number of nitrogens with one attached hydrogen (secondary N) is 1. The van der Waals surface area contributed by atoms with Crippen molar-refractivity contribution < 1.29 is 9.90 Å². The van der Waals surface area contributed by atoms with Gasteiger partial charge in [0, 0.05) is 5.56 Å². The highest BCUT2D eigenvalue weighted by atomic mass is 79.9. The summed E-state index contributed by atoms with van der Waals surface area (Å²) in [5.41, 5.74) is 5.62. The molecule has 0 atom stereocenters. The Morgan fingerprint density at radius 3 is 3.05 bits per heavy atom. The van der Waals surface area contributed by atoms with Crippen molar-refractivity contribution in [2.24, 2.45) is 5.73 Å². The van der Waals surface area contributed by atoms with Gasteiger partial charge in [-0.1, -0.05) is 23.2 Å². The number of phenolic OH excluding ortho intramolecular Hbond substituents is 1. The third-order valence-electron chi connectivity index (χ3n) is 2.25. The van der Waals surface area contributed by atoms with E-state index >= 15 is 0 Å².